The number of aryl methyl sites for hydroxylation is 1. The number of aromatic nitrogens is 1. The molecule has 3 aromatic rings. The van der Waals surface area contributed by atoms with Gasteiger partial charge >= 0.3 is 0 Å². The summed E-state index contributed by atoms with van der Waals surface area (Å²) in [5.41, 5.74) is 5.01. The number of carbonyl (C=O) groups is 2. The van der Waals surface area contributed by atoms with E-state index in [2.05, 4.69) is 17.1 Å². The van der Waals surface area contributed by atoms with Crippen LogP contribution < -0.4 is 9.47 Å². The van der Waals surface area contributed by atoms with Crippen molar-refractivity contribution in [3.63, 3.8) is 0 Å². The van der Waals surface area contributed by atoms with Gasteiger partial charge in [0, 0.05) is 47.9 Å². The maximum Gasteiger partial charge on any atom is 0.212 e. The molecule has 4 nitrogen and oxygen atoms in total. The van der Waals surface area contributed by atoms with E-state index in [0.29, 0.717) is 0 Å². The zero-order valence-corrected chi connectivity index (χ0v) is 16.8. The molecule has 2 aromatic carbocycles. The number of hydrogen-bond donors (Lipinski definition) is 0. The summed E-state index contributed by atoms with van der Waals surface area (Å²) in [4.78, 5) is 24.5. The summed E-state index contributed by atoms with van der Waals surface area (Å²) in [7, 11) is 4.03. The number of ketones is 2. The molecule has 0 fully saturated rings. The van der Waals surface area contributed by atoms with E-state index in [1.54, 1.807) is 13.8 Å². The van der Waals surface area contributed by atoms with Crippen molar-refractivity contribution in [1.29, 1.82) is 0 Å². The number of Topliss-reactive ketones (excluding diaryl/α,β-unsaturated/α-hetero) is 2. The maximum atomic E-state index is 11.2. The Morgan fingerprint density at radius 3 is 2.36 bits per heavy atom. The quantitative estimate of drug-likeness (QED) is 0.499. The van der Waals surface area contributed by atoms with Gasteiger partial charge in [-0.2, -0.15) is 0 Å². The minimum absolute atomic E-state index is 0.110. The molecule has 0 bridgehead atoms. The van der Waals surface area contributed by atoms with Crippen LogP contribution in [0.25, 0.3) is 17.0 Å². The van der Waals surface area contributed by atoms with Crippen LogP contribution in [-0.4, -0.2) is 25.2 Å². The van der Waals surface area contributed by atoms with Crippen LogP contribution in [0.15, 0.2) is 60.8 Å². The third kappa shape index (κ3) is 4.17. The van der Waals surface area contributed by atoms with Gasteiger partial charge in [-0.1, -0.05) is 24.3 Å². The highest BCUT2D eigenvalue weighted by atomic mass is 16.1. The second kappa shape index (κ2) is 8.17. The van der Waals surface area contributed by atoms with Crippen molar-refractivity contribution in [1.82, 2.24) is 0 Å². The summed E-state index contributed by atoms with van der Waals surface area (Å²) in [6, 6.07) is 15.6. The summed E-state index contributed by atoms with van der Waals surface area (Å²) in [5, 5.41) is 1.10. The van der Waals surface area contributed by atoms with Crippen LogP contribution in [0.5, 0.6) is 0 Å². The van der Waals surface area contributed by atoms with Crippen molar-refractivity contribution in [2.24, 2.45) is 7.05 Å². The zero-order valence-electron chi connectivity index (χ0n) is 16.8. The molecule has 0 saturated carbocycles. The fourth-order valence-corrected chi connectivity index (χ4v) is 3.25. The molecule has 0 atom stereocenters. The minimum Gasteiger partial charge on any atom is -0.370 e. The first-order valence-electron chi connectivity index (χ1n) is 9.29. The van der Waals surface area contributed by atoms with Gasteiger partial charge in [0.1, 0.15) is 7.05 Å². The molecule has 1 aromatic heterocycles. The molecule has 2 heterocycles. The van der Waals surface area contributed by atoms with Gasteiger partial charge in [0.05, 0.1) is 0 Å². The predicted octanol–water partition coefficient (Wildman–Crippen LogP) is 4.22. The normalized spacial score (nSPS) is 12.2. The largest absolute Gasteiger partial charge is 0.370 e. The van der Waals surface area contributed by atoms with Gasteiger partial charge in [-0.3, -0.25) is 9.59 Å². The van der Waals surface area contributed by atoms with E-state index in [1.807, 2.05) is 73.4 Å². The molecule has 1 aliphatic rings. The van der Waals surface area contributed by atoms with Gasteiger partial charge in [-0.05, 0) is 43.7 Å². The fourth-order valence-electron chi connectivity index (χ4n) is 3.25. The number of anilines is 1. The highest BCUT2D eigenvalue weighted by Gasteiger charge is 2.11. The van der Waals surface area contributed by atoms with E-state index in [4.69, 9.17) is 0 Å². The lowest BCUT2D eigenvalue weighted by atomic mass is 10.0. The molecule has 0 aliphatic carbocycles. The molecule has 142 valence electrons. The predicted molar refractivity (Wildman–Crippen MR) is 114 cm³/mol. The number of fused-ring (bicyclic) bond motifs is 2. The SMILES string of the molecule is CC(=O)c1ccc2c(c1)N(C)CC=C2.CC(=O)c1ccc2c(ccc[n+]2C)c1. The molecule has 1 aliphatic heterocycles. The van der Waals surface area contributed by atoms with Gasteiger partial charge in [-0.15, -0.1) is 0 Å². The Morgan fingerprint density at radius 2 is 1.64 bits per heavy atom. The molecular formula is C24H25N2O2+. The van der Waals surface area contributed by atoms with Gasteiger partial charge in [0.2, 0.25) is 5.52 Å². The second-order valence-electron chi connectivity index (χ2n) is 7.06. The number of benzene rings is 2. The Morgan fingerprint density at radius 1 is 0.964 bits per heavy atom. The lowest BCUT2D eigenvalue weighted by molar-refractivity contribution is -0.644. The van der Waals surface area contributed by atoms with Gasteiger partial charge in [-0.25, -0.2) is 4.57 Å². The van der Waals surface area contributed by atoms with Crippen LogP contribution in [0.3, 0.4) is 0 Å². The van der Waals surface area contributed by atoms with E-state index < -0.39 is 0 Å². The second-order valence-corrected chi connectivity index (χ2v) is 7.06. The molecule has 0 saturated heterocycles. The highest BCUT2D eigenvalue weighted by Crippen LogP contribution is 2.25. The van der Waals surface area contributed by atoms with Crippen molar-refractivity contribution < 1.29 is 14.2 Å². The van der Waals surface area contributed by atoms with E-state index in [1.165, 1.54) is 5.56 Å². The summed E-state index contributed by atoms with van der Waals surface area (Å²) in [6.07, 6.45) is 6.21. The standard InChI is InChI=1S/C12H12NO.C12H13NO/c1-9(14)10-5-6-12-11(8-10)4-3-7-13(12)2;1-9(14)11-6-5-10-4-3-7-13(2)12(10)8-11/h3-8H,1-2H3;3-6,8H,7H2,1-2H3/q+1;. The smallest absolute Gasteiger partial charge is 0.212 e. The Hall–Kier alpha value is -3.27. The number of pyridine rings is 1. The summed E-state index contributed by atoms with van der Waals surface area (Å²) >= 11 is 0. The van der Waals surface area contributed by atoms with Crippen LogP contribution in [-0.2, 0) is 7.05 Å². The molecular weight excluding hydrogens is 348 g/mol. The average molecular weight is 373 g/mol. The Balaban J connectivity index is 0.000000161. The fraction of sp³-hybridized carbons (Fsp3) is 0.208. The summed E-state index contributed by atoms with van der Waals surface area (Å²) < 4.78 is 2.04. The van der Waals surface area contributed by atoms with Gasteiger partial charge in [0.15, 0.2) is 17.8 Å². The number of hydrogen-bond acceptors (Lipinski definition) is 3. The Bertz CT molecular complexity index is 1080. The van der Waals surface area contributed by atoms with E-state index in [-0.39, 0.29) is 11.6 Å². The van der Waals surface area contributed by atoms with Crippen LogP contribution in [0, 0.1) is 0 Å². The van der Waals surface area contributed by atoms with Crippen molar-refractivity contribution in [3.8, 4) is 0 Å². The molecule has 0 amide bonds. The number of nitrogens with zero attached hydrogens (tertiary/aromatic N) is 2. The molecule has 28 heavy (non-hydrogen) atoms. The maximum absolute atomic E-state index is 11.2. The highest BCUT2D eigenvalue weighted by molar-refractivity contribution is 5.97. The van der Waals surface area contributed by atoms with Crippen molar-refractivity contribution in [3.05, 3.63) is 77.5 Å². The number of rotatable bonds is 2. The van der Waals surface area contributed by atoms with Crippen LogP contribution in [0.4, 0.5) is 5.69 Å². The molecule has 0 radical (unpaired) electrons. The first kappa shape index (κ1) is 19.5. The lowest BCUT2D eigenvalue weighted by Gasteiger charge is -2.23. The lowest BCUT2D eigenvalue weighted by Crippen LogP contribution is -2.27. The van der Waals surface area contributed by atoms with Crippen LogP contribution in [0.1, 0.15) is 40.1 Å². The van der Waals surface area contributed by atoms with Crippen molar-refractivity contribution >= 4 is 34.2 Å². The van der Waals surface area contributed by atoms with E-state index in [9.17, 15) is 9.59 Å². The first-order valence-corrected chi connectivity index (χ1v) is 9.29. The van der Waals surface area contributed by atoms with Crippen LogP contribution in [0.2, 0.25) is 0 Å². The molecule has 0 N–H and O–H groups in total. The average Bonchev–Trinajstić information content (AvgIpc) is 2.68. The third-order valence-electron chi connectivity index (χ3n) is 4.92. The monoisotopic (exact) mass is 373 g/mol. The Kier molecular flexibility index (Phi) is 5.69. The molecule has 4 heteroatoms. The van der Waals surface area contributed by atoms with E-state index in [0.717, 1.165) is 34.3 Å². The van der Waals surface area contributed by atoms with Gasteiger partial charge in [0.25, 0.3) is 0 Å². The third-order valence-corrected chi connectivity index (χ3v) is 4.92. The number of likely N-dealkylation sites (N-methyl/N-ethyl adjacent to an activating group) is 1. The summed E-state index contributed by atoms with van der Waals surface area (Å²) in [5.74, 6) is 0.231. The first-order chi connectivity index (χ1) is 13.4. The van der Waals surface area contributed by atoms with E-state index >= 15 is 0 Å². The van der Waals surface area contributed by atoms with Crippen molar-refractivity contribution in [2.45, 2.75) is 13.8 Å². The topological polar surface area (TPSA) is 41.3 Å². The number of carbonyl (C=O) groups excluding carboxylic acids is 2. The zero-order chi connectivity index (χ0) is 20.3. The molecule has 0 unspecified atom stereocenters. The molecule has 4 rings (SSSR count). The summed E-state index contributed by atoms with van der Waals surface area (Å²) in [6.45, 7) is 4.10. The molecule has 0 spiro atoms. The van der Waals surface area contributed by atoms with Gasteiger partial charge < -0.3 is 4.90 Å². The Labute approximate surface area is 165 Å². The van der Waals surface area contributed by atoms with Crippen LogP contribution >= 0.6 is 0 Å². The van der Waals surface area contributed by atoms with Crippen molar-refractivity contribution in [2.75, 3.05) is 18.5 Å². The minimum atomic E-state index is 0.110.